The van der Waals surface area contributed by atoms with Gasteiger partial charge in [-0.2, -0.15) is 0 Å². The number of esters is 1. The standard InChI is InChI=1S/C11H19N3O2/c1-9(2)13-11(3,10(15)16-4)7-14-6-5-12-8-14/h5-6,8-9,13H,7H2,1-4H3. The number of imidazole rings is 1. The van der Waals surface area contributed by atoms with E-state index in [2.05, 4.69) is 10.3 Å². The third kappa shape index (κ3) is 3.06. The lowest BCUT2D eigenvalue weighted by Gasteiger charge is -2.30. The highest BCUT2D eigenvalue weighted by atomic mass is 16.5. The topological polar surface area (TPSA) is 56.2 Å². The van der Waals surface area contributed by atoms with E-state index in [1.165, 1.54) is 7.11 Å². The van der Waals surface area contributed by atoms with Gasteiger partial charge in [0.05, 0.1) is 20.0 Å². The van der Waals surface area contributed by atoms with Gasteiger partial charge < -0.3 is 9.30 Å². The van der Waals surface area contributed by atoms with Crippen molar-refractivity contribution in [1.82, 2.24) is 14.9 Å². The quantitative estimate of drug-likeness (QED) is 0.753. The first-order chi connectivity index (χ1) is 7.48. The molecule has 1 aromatic rings. The number of ether oxygens (including phenoxy) is 1. The summed E-state index contributed by atoms with van der Waals surface area (Å²) in [6, 6.07) is 0.202. The fourth-order valence-corrected chi connectivity index (χ4v) is 1.78. The molecule has 90 valence electrons. The fourth-order valence-electron chi connectivity index (χ4n) is 1.78. The van der Waals surface area contributed by atoms with Crippen molar-refractivity contribution in [3.63, 3.8) is 0 Å². The molecule has 1 unspecified atom stereocenters. The molecular weight excluding hydrogens is 206 g/mol. The lowest BCUT2D eigenvalue weighted by Crippen LogP contribution is -2.55. The Morgan fingerprint density at radius 1 is 1.62 bits per heavy atom. The van der Waals surface area contributed by atoms with Gasteiger partial charge in [-0.05, 0) is 20.8 Å². The van der Waals surface area contributed by atoms with E-state index in [0.29, 0.717) is 6.54 Å². The summed E-state index contributed by atoms with van der Waals surface area (Å²) in [5.74, 6) is -0.269. The van der Waals surface area contributed by atoms with E-state index < -0.39 is 5.54 Å². The van der Waals surface area contributed by atoms with Crippen LogP contribution in [0.1, 0.15) is 20.8 Å². The molecule has 0 aliphatic heterocycles. The predicted octanol–water partition coefficient (Wildman–Crippen LogP) is 0.813. The summed E-state index contributed by atoms with van der Waals surface area (Å²) in [4.78, 5) is 15.7. The van der Waals surface area contributed by atoms with Crippen LogP contribution in [0, 0.1) is 0 Å². The normalized spacial score (nSPS) is 14.8. The summed E-state index contributed by atoms with van der Waals surface area (Å²) >= 11 is 0. The molecule has 16 heavy (non-hydrogen) atoms. The fraction of sp³-hybridized carbons (Fsp3) is 0.636. The Kier molecular flexibility index (Phi) is 4.06. The van der Waals surface area contributed by atoms with Crippen LogP contribution in [-0.4, -0.2) is 34.2 Å². The number of hydrogen-bond donors (Lipinski definition) is 1. The SMILES string of the molecule is COC(=O)C(C)(Cn1ccnc1)NC(C)C. The van der Waals surface area contributed by atoms with E-state index in [1.807, 2.05) is 31.5 Å². The largest absolute Gasteiger partial charge is 0.468 e. The Hall–Kier alpha value is -1.36. The zero-order chi connectivity index (χ0) is 12.2. The summed E-state index contributed by atoms with van der Waals surface area (Å²) in [5.41, 5.74) is -0.733. The Labute approximate surface area is 95.8 Å². The maximum atomic E-state index is 11.8. The molecule has 1 N–H and O–H groups in total. The zero-order valence-electron chi connectivity index (χ0n) is 10.2. The average molecular weight is 225 g/mol. The third-order valence-electron chi connectivity index (χ3n) is 2.30. The van der Waals surface area contributed by atoms with E-state index in [-0.39, 0.29) is 12.0 Å². The van der Waals surface area contributed by atoms with Crippen molar-refractivity contribution in [2.45, 2.75) is 38.9 Å². The molecule has 0 aliphatic rings. The summed E-state index contributed by atoms with van der Waals surface area (Å²) in [7, 11) is 1.40. The second-order valence-corrected chi connectivity index (χ2v) is 4.36. The molecule has 1 heterocycles. The van der Waals surface area contributed by atoms with Crippen LogP contribution in [0.5, 0.6) is 0 Å². The average Bonchev–Trinajstić information content (AvgIpc) is 2.67. The monoisotopic (exact) mass is 225 g/mol. The van der Waals surface area contributed by atoms with Gasteiger partial charge in [0.1, 0.15) is 5.54 Å². The number of hydrogen-bond acceptors (Lipinski definition) is 4. The second-order valence-electron chi connectivity index (χ2n) is 4.36. The second kappa shape index (κ2) is 5.12. The highest BCUT2D eigenvalue weighted by molar-refractivity contribution is 5.80. The maximum absolute atomic E-state index is 11.8. The van der Waals surface area contributed by atoms with Crippen molar-refractivity contribution in [1.29, 1.82) is 0 Å². The summed E-state index contributed by atoms with van der Waals surface area (Å²) in [6.45, 7) is 6.32. The van der Waals surface area contributed by atoms with Gasteiger partial charge in [0.15, 0.2) is 0 Å². The minimum absolute atomic E-state index is 0.202. The summed E-state index contributed by atoms with van der Waals surface area (Å²) in [5, 5.41) is 3.22. The minimum atomic E-state index is -0.733. The van der Waals surface area contributed by atoms with Crippen LogP contribution in [-0.2, 0) is 16.1 Å². The Bertz CT molecular complexity index is 335. The first-order valence-corrected chi connectivity index (χ1v) is 5.30. The van der Waals surface area contributed by atoms with Crippen LogP contribution in [0.15, 0.2) is 18.7 Å². The Balaban J connectivity index is 2.82. The van der Waals surface area contributed by atoms with Crippen LogP contribution in [0.3, 0.4) is 0 Å². The van der Waals surface area contributed by atoms with Gasteiger partial charge in [0.2, 0.25) is 0 Å². The van der Waals surface area contributed by atoms with Crippen molar-refractivity contribution in [3.05, 3.63) is 18.7 Å². The molecule has 0 fully saturated rings. The molecule has 1 rings (SSSR count). The van der Waals surface area contributed by atoms with Gasteiger partial charge >= 0.3 is 5.97 Å². The smallest absolute Gasteiger partial charge is 0.327 e. The molecule has 1 atom stereocenters. The van der Waals surface area contributed by atoms with Gasteiger partial charge in [-0.15, -0.1) is 0 Å². The van der Waals surface area contributed by atoms with E-state index in [9.17, 15) is 4.79 Å². The lowest BCUT2D eigenvalue weighted by atomic mass is 10.0. The van der Waals surface area contributed by atoms with Gasteiger partial charge in [-0.1, -0.05) is 0 Å². The van der Waals surface area contributed by atoms with Gasteiger partial charge in [0.25, 0.3) is 0 Å². The number of carbonyl (C=O) groups is 1. The number of methoxy groups -OCH3 is 1. The maximum Gasteiger partial charge on any atom is 0.327 e. The van der Waals surface area contributed by atoms with E-state index in [0.717, 1.165) is 0 Å². The molecule has 1 aromatic heterocycles. The van der Waals surface area contributed by atoms with Crippen LogP contribution in [0.25, 0.3) is 0 Å². The van der Waals surface area contributed by atoms with Crippen LogP contribution >= 0.6 is 0 Å². The van der Waals surface area contributed by atoms with Crippen LogP contribution in [0.4, 0.5) is 0 Å². The number of carbonyl (C=O) groups excluding carboxylic acids is 1. The van der Waals surface area contributed by atoms with Crippen molar-refractivity contribution < 1.29 is 9.53 Å². The van der Waals surface area contributed by atoms with Crippen molar-refractivity contribution >= 4 is 5.97 Å². The van der Waals surface area contributed by atoms with Crippen molar-refractivity contribution in [2.75, 3.05) is 7.11 Å². The van der Waals surface area contributed by atoms with Crippen LogP contribution in [0.2, 0.25) is 0 Å². The van der Waals surface area contributed by atoms with Crippen molar-refractivity contribution in [2.24, 2.45) is 0 Å². The number of aromatic nitrogens is 2. The van der Waals surface area contributed by atoms with E-state index in [1.54, 1.807) is 12.5 Å². The minimum Gasteiger partial charge on any atom is -0.468 e. The number of nitrogens with zero attached hydrogens (tertiary/aromatic N) is 2. The highest BCUT2D eigenvalue weighted by Gasteiger charge is 2.35. The molecule has 0 saturated carbocycles. The first-order valence-electron chi connectivity index (χ1n) is 5.30. The third-order valence-corrected chi connectivity index (χ3v) is 2.30. The zero-order valence-corrected chi connectivity index (χ0v) is 10.2. The van der Waals surface area contributed by atoms with Gasteiger partial charge in [0, 0.05) is 18.4 Å². The molecular formula is C11H19N3O2. The summed E-state index contributed by atoms with van der Waals surface area (Å²) < 4.78 is 6.68. The predicted molar refractivity (Wildman–Crippen MR) is 60.9 cm³/mol. The molecule has 0 saturated heterocycles. The lowest BCUT2D eigenvalue weighted by molar-refractivity contribution is -0.148. The van der Waals surface area contributed by atoms with Gasteiger partial charge in [-0.3, -0.25) is 5.32 Å². The number of nitrogens with one attached hydrogen (secondary N) is 1. The van der Waals surface area contributed by atoms with Crippen LogP contribution < -0.4 is 5.32 Å². The molecule has 0 spiro atoms. The molecule has 5 heteroatoms. The molecule has 0 radical (unpaired) electrons. The molecule has 5 nitrogen and oxygen atoms in total. The molecule has 0 bridgehead atoms. The summed E-state index contributed by atoms with van der Waals surface area (Å²) in [6.07, 6.45) is 5.19. The molecule has 0 aromatic carbocycles. The highest BCUT2D eigenvalue weighted by Crippen LogP contribution is 2.11. The Morgan fingerprint density at radius 3 is 2.75 bits per heavy atom. The Morgan fingerprint density at radius 2 is 2.31 bits per heavy atom. The number of rotatable bonds is 5. The molecule has 0 amide bonds. The van der Waals surface area contributed by atoms with Crippen molar-refractivity contribution in [3.8, 4) is 0 Å². The van der Waals surface area contributed by atoms with Gasteiger partial charge in [-0.25, -0.2) is 9.78 Å². The van der Waals surface area contributed by atoms with E-state index in [4.69, 9.17) is 4.74 Å². The molecule has 0 aliphatic carbocycles. The van der Waals surface area contributed by atoms with E-state index >= 15 is 0 Å². The first kappa shape index (κ1) is 12.7.